The second kappa shape index (κ2) is 9.70. The summed E-state index contributed by atoms with van der Waals surface area (Å²) in [5, 5.41) is 13.7. The molecule has 0 aromatic heterocycles. The monoisotopic (exact) mass is 397 g/mol. The molecule has 0 radical (unpaired) electrons. The van der Waals surface area contributed by atoms with Crippen molar-refractivity contribution >= 4 is 27.7 Å². The molecule has 0 unspecified atom stereocenters. The topological polar surface area (TPSA) is 116 Å². The average Bonchev–Trinajstić information content (AvgIpc) is 2.90. The second-order valence-corrected chi connectivity index (χ2v) is 8.58. The molecule has 2 rings (SSSR count). The number of nitrogens with one attached hydrogen (secondary N) is 2. The number of sulfonamides is 1. The maximum atomic E-state index is 13.0. The van der Waals surface area contributed by atoms with Gasteiger partial charge in [0.2, 0.25) is 10.0 Å². The number of carboxylic acids is 1. The lowest BCUT2D eigenvalue weighted by Crippen LogP contribution is -2.33. The molecule has 0 saturated carbocycles. The molecule has 9 heteroatoms. The molecule has 1 aromatic rings. The lowest BCUT2D eigenvalue weighted by molar-refractivity contribution is -0.137. The highest BCUT2D eigenvalue weighted by Crippen LogP contribution is 2.25. The van der Waals surface area contributed by atoms with Crippen molar-refractivity contribution in [1.29, 1.82) is 0 Å². The van der Waals surface area contributed by atoms with Gasteiger partial charge in [-0.2, -0.15) is 4.31 Å². The Hall–Kier alpha value is -2.13. The summed E-state index contributed by atoms with van der Waals surface area (Å²) in [4.78, 5) is 22.6. The number of amides is 2. The fourth-order valence-corrected chi connectivity index (χ4v) is 4.76. The van der Waals surface area contributed by atoms with Gasteiger partial charge in [0.15, 0.2) is 0 Å². The summed E-state index contributed by atoms with van der Waals surface area (Å²) in [7, 11) is -3.61. The van der Waals surface area contributed by atoms with Gasteiger partial charge in [-0.1, -0.05) is 18.9 Å². The molecular formula is C18H27N3O5S. The summed E-state index contributed by atoms with van der Waals surface area (Å²) in [5.74, 6) is -0.917. The van der Waals surface area contributed by atoms with Gasteiger partial charge in [-0.05, 0) is 43.9 Å². The van der Waals surface area contributed by atoms with Crippen LogP contribution in [-0.2, 0) is 14.8 Å². The van der Waals surface area contributed by atoms with Crippen LogP contribution in [0.5, 0.6) is 0 Å². The van der Waals surface area contributed by atoms with Crippen molar-refractivity contribution in [2.75, 3.05) is 25.0 Å². The van der Waals surface area contributed by atoms with Gasteiger partial charge in [0.25, 0.3) is 0 Å². The Labute approximate surface area is 160 Å². The minimum atomic E-state index is -3.61. The van der Waals surface area contributed by atoms with Crippen LogP contribution in [0.25, 0.3) is 0 Å². The van der Waals surface area contributed by atoms with Gasteiger partial charge >= 0.3 is 12.0 Å². The number of carbonyl (C=O) groups is 2. The van der Waals surface area contributed by atoms with Crippen LogP contribution in [0.2, 0.25) is 0 Å². The van der Waals surface area contributed by atoms with E-state index in [1.54, 1.807) is 19.1 Å². The molecule has 1 aromatic carbocycles. The first-order valence-electron chi connectivity index (χ1n) is 9.18. The van der Waals surface area contributed by atoms with Crippen molar-refractivity contribution in [2.45, 2.75) is 50.3 Å². The molecule has 27 heavy (non-hydrogen) atoms. The largest absolute Gasteiger partial charge is 0.481 e. The molecule has 3 N–H and O–H groups in total. The number of aliphatic carboxylic acids is 1. The number of carbonyl (C=O) groups excluding carboxylic acids is 1. The Kier molecular flexibility index (Phi) is 7.61. The van der Waals surface area contributed by atoms with E-state index in [1.807, 2.05) is 0 Å². The van der Waals surface area contributed by atoms with Crippen LogP contribution in [-0.4, -0.2) is 49.5 Å². The zero-order chi connectivity index (χ0) is 19.9. The highest BCUT2D eigenvalue weighted by molar-refractivity contribution is 7.89. The number of benzene rings is 1. The normalized spacial score (nSPS) is 15.7. The zero-order valence-electron chi connectivity index (χ0n) is 15.5. The number of anilines is 1. The number of aryl methyl sites for hydroxylation is 1. The summed E-state index contributed by atoms with van der Waals surface area (Å²) in [6.45, 7) is 3.00. The fourth-order valence-electron chi connectivity index (χ4n) is 2.99. The van der Waals surface area contributed by atoms with Crippen molar-refractivity contribution in [1.82, 2.24) is 9.62 Å². The summed E-state index contributed by atoms with van der Waals surface area (Å²) >= 11 is 0. The van der Waals surface area contributed by atoms with Gasteiger partial charge in [0.1, 0.15) is 0 Å². The van der Waals surface area contributed by atoms with E-state index in [9.17, 15) is 18.0 Å². The van der Waals surface area contributed by atoms with Crippen LogP contribution in [0.4, 0.5) is 10.5 Å². The van der Waals surface area contributed by atoms with E-state index in [2.05, 4.69) is 10.6 Å². The van der Waals surface area contributed by atoms with Crippen LogP contribution in [0.1, 0.15) is 44.1 Å². The second-order valence-electron chi connectivity index (χ2n) is 6.68. The van der Waals surface area contributed by atoms with Crippen molar-refractivity contribution in [3.05, 3.63) is 23.8 Å². The van der Waals surface area contributed by atoms with E-state index in [-0.39, 0.29) is 17.9 Å². The van der Waals surface area contributed by atoms with Gasteiger partial charge in [-0.15, -0.1) is 0 Å². The number of rotatable bonds is 7. The van der Waals surface area contributed by atoms with Gasteiger partial charge in [0, 0.05) is 31.7 Å². The van der Waals surface area contributed by atoms with E-state index < -0.39 is 22.0 Å². The van der Waals surface area contributed by atoms with Gasteiger partial charge in [-0.25, -0.2) is 13.2 Å². The third kappa shape index (κ3) is 6.21. The standard InChI is InChI=1S/C18H27N3O5S/c1-14-8-9-15(20-18(24)19-10-6-7-17(22)23)13-16(14)27(25,26)21-11-4-2-3-5-12-21/h8-9,13H,2-7,10-12H2,1H3,(H,22,23)(H2,19,20,24). The van der Waals surface area contributed by atoms with Crippen LogP contribution < -0.4 is 10.6 Å². The Morgan fingerprint density at radius 2 is 1.81 bits per heavy atom. The van der Waals surface area contributed by atoms with Crippen LogP contribution in [0.3, 0.4) is 0 Å². The number of nitrogens with zero attached hydrogens (tertiary/aromatic N) is 1. The SMILES string of the molecule is Cc1ccc(NC(=O)NCCCC(=O)O)cc1S(=O)(=O)N1CCCCCC1. The molecule has 0 aliphatic carbocycles. The van der Waals surface area contributed by atoms with E-state index in [1.165, 1.54) is 10.4 Å². The van der Waals surface area contributed by atoms with Gasteiger partial charge in [0.05, 0.1) is 4.90 Å². The van der Waals surface area contributed by atoms with Gasteiger partial charge < -0.3 is 15.7 Å². The Morgan fingerprint density at radius 1 is 1.15 bits per heavy atom. The smallest absolute Gasteiger partial charge is 0.319 e. The molecule has 2 amide bonds. The first-order chi connectivity index (χ1) is 12.8. The van der Waals surface area contributed by atoms with Gasteiger partial charge in [-0.3, -0.25) is 4.79 Å². The lowest BCUT2D eigenvalue weighted by Gasteiger charge is -2.21. The minimum absolute atomic E-state index is 0.0248. The van der Waals surface area contributed by atoms with Crippen molar-refractivity contribution in [3.63, 3.8) is 0 Å². The molecule has 0 atom stereocenters. The molecule has 150 valence electrons. The maximum absolute atomic E-state index is 13.0. The lowest BCUT2D eigenvalue weighted by atomic mass is 10.2. The highest BCUT2D eigenvalue weighted by atomic mass is 32.2. The van der Waals surface area contributed by atoms with Crippen LogP contribution in [0.15, 0.2) is 23.1 Å². The molecule has 0 spiro atoms. The minimum Gasteiger partial charge on any atom is -0.481 e. The maximum Gasteiger partial charge on any atom is 0.319 e. The Balaban J connectivity index is 2.06. The Bertz CT molecular complexity index is 771. The molecule has 1 aliphatic rings. The third-order valence-corrected chi connectivity index (χ3v) is 6.52. The third-order valence-electron chi connectivity index (χ3n) is 4.48. The molecule has 0 bridgehead atoms. The van der Waals surface area contributed by atoms with E-state index in [0.29, 0.717) is 30.8 Å². The predicted molar refractivity (Wildman–Crippen MR) is 102 cm³/mol. The number of carboxylic acid groups (broad SMARTS) is 1. The fraction of sp³-hybridized carbons (Fsp3) is 0.556. The summed E-state index contributed by atoms with van der Waals surface area (Å²) in [6.07, 6.45) is 4.08. The van der Waals surface area contributed by atoms with E-state index >= 15 is 0 Å². The van der Waals surface area contributed by atoms with E-state index in [4.69, 9.17) is 5.11 Å². The quantitative estimate of drug-likeness (QED) is 0.612. The molecule has 1 aliphatic heterocycles. The first-order valence-corrected chi connectivity index (χ1v) is 10.6. The van der Waals surface area contributed by atoms with Crippen molar-refractivity contribution < 1.29 is 23.1 Å². The summed E-state index contributed by atoms with van der Waals surface area (Å²) in [6, 6.07) is 4.30. The van der Waals surface area contributed by atoms with Crippen molar-refractivity contribution in [2.24, 2.45) is 0 Å². The average molecular weight is 397 g/mol. The summed E-state index contributed by atoms with van der Waals surface area (Å²) in [5.41, 5.74) is 1.01. The first kappa shape index (κ1) is 21.2. The van der Waals surface area contributed by atoms with Crippen molar-refractivity contribution in [3.8, 4) is 0 Å². The summed E-state index contributed by atoms with van der Waals surface area (Å²) < 4.78 is 27.6. The number of hydrogen-bond acceptors (Lipinski definition) is 4. The van der Waals surface area contributed by atoms with Crippen LogP contribution in [0, 0.1) is 6.92 Å². The number of hydrogen-bond donors (Lipinski definition) is 3. The van der Waals surface area contributed by atoms with Crippen LogP contribution >= 0.6 is 0 Å². The Morgan fingerprint density at radius 3 is 2.44 bits per heavy atom. The predicted octanol–water partition coefficient (Wildman–Crippen LogP) is 2.55. The highest BCUT2D eigenvalue weighted by Gasteiger charge is 2.27. The molecule has 1 saturated heterocycles. The molecule has 8 nitrogen and oxygen atoms in total. The molecule has 1 fully saturated rings. The molecular weight excluding hydrogens is 370 g/mol. The zero-order valence-corrected chi connectivity index (χ0v) is 16.3. The molecule has 1 heterocycles. The van der Waals surface area contributed by atoms with E-state index in [0.717, 1.165) is 25.7 Å². The number of urea groups is 1.